The molecular formula is C57H66F3N7O4S. The van der Waals surface area contributed by atoms with Crippen LogP contribution >= 0.6 is 11.9 Å². The summed E-state index contributed by atoms with van der Waals surface area (Å²) in [7, 11) is 5.36. The normalized spacial score (nSPS) is 14.6. The Balaban J connectivity index is 0.690. The maximum atomic E-state index is 13.7. The average molecular weight is 1000 g/mol. The minimum absolute atomic E-state index is 0.0489. The van der Waals surface area contributed by atoms with E-state index in [1.165, 1.54) is 4.57 Å². The van der Waals surface area contributed by atoms with Crippen LogP contribution in [0.3, 0.4) is 0 Å². The molecule has 3 heterocycles. The van der Waals surface area contributed by atoms with E-state index in [-0.39, 0.29) is 11.9 Å². The Morgan fingerprint density at radius 1 is 0.847 bits per heavy atom. The summed E-state index contributed by atoms with van der Waals surface area (Å²) in [4.78, 5) is 22.1. The van der Waals surface area contributed by atoms with E-state index in [0.717, 1.165) is 151 Å². The number of aromatic nitrogens is 2. The van der Waals surface area contributed by atoms with Crippen molar-refractivity contribution in [2.75, 3.05) is 77.8 Å². The van der Waals surface area contributed by atoms with Crippen LogP contribution in [0.5, 0.6) is 11.5 Å². The second-order valence-corrected chi connectivity index (χ2v) is 19.4. The molecule has 0 spiro atoms. The third-order valence-corrected chi connectivity index (χ3v) is 14.1. The van der Waals surface area contributed by atoms with Crippen LogP contribution in [0.25, 0.3) is 33.5 Å². The van der Waals surface area contributed by atoms with Gasteiger partial charge in [0.15, 0.2) is 11.5 Å². The number of carbonyl (C=O) groups excluding carboxylic acids is 1. The highest BCUT2D eigenvalue weighted by molar-refractivity contribution is 7.97. The summed E-state index contributed by atoms with van der Waals surface area (Å²) in [6.45, 7) is 4.09. The third kappa shape index (κ3) is 14.1. The fourth-order valence-electron chi connectivity index (χ4n) is 9.45. The molecule has 0 unspecified atom stereocenters. The molecule has 0 radical (unpaired) electrons. The van der Waals surface area contributed by atoms with Gasteiger partial charge in [0, 0.05) is 59.4 Å². The summed E-state index contributed by atoms with van der Waals surface area (Å²) in [5, 5.41) is 11.7. The van der Waals surface area contributed by atoms with Gasteiger partial charge in [-0.3, -0.25) is 9.52 Å². The monoisotopic (exact) mass is 1000 g/mol. The zero-order chi connectivity index (χ0) is 50.3. The number of amides is 1. The Labute approximate surface area is 425 Å². The van der Waals surface area contributed by atoms with Crippen molar-refractivity contribution in [2.45, 2.75) is 87.9 Å². The lowest BCUT2D eigenvalue weighted by Gasteiger charge is -2.30. The number of fused-ring (bicyclic) bond motifs is 3. The van der Waals surface area contributed by atoms with Gasteiger partial charge in [-0.2, -0.15) is 13.2 Å². The quantitative estimate of drug-likeness (QED) is 0.0281. The third-order valence-electron chi connectivity index (χ3n) is 13.2. The second-order valence-electron chi connectivity index (χ2n) is 18.5. The van der Waals surface area contributed by atoms with Gasteiger partial charge in [-0.15, -0.1) is 0 Å². The molecule has 1 aliphatic heterocycles. The number of rotatable bonds is 23. The van der Waals surface area contributed by atoms with Crippen molar-refractivity contribution in [1.29, 1.82) is 0 Å². The summed E-state index contributed by atoms with van der Waals surface area (Å²) < 4.78 is 62.7. The number of nitrogens with one attached hydrogen (secondary N) is 4. The van der Waals surface area contributed by atoms with Crippen molar-refractivity contribution in [3.63, 3.8) is 0 Å². The zero-order valence-electron chi connectivity index (χ0n) is 41.6. The number of anilines is 2. The Kier molecular flexibility index (Phi) is 18.4. The number of allylic oxidation sites excluding steroid dienone is 1. The molecule has 1 saturated heterocycles. The van der Waals surface area contributed by atoms with Gasteiger partial charge in [-0.1, -0.05) is 36.3 Å². The number of carbonyl (C=O) groups is 1. The van der Waals surface area contributed by atoms with Crippen LogP contribution in [-0.2, 0) is 17.7 Å². The summed E-state index contributed by atoms with van der Waals surface area (Å²) in [5.41, 5.74) is 8.13. The van der Waals surface area contributed by atoms with Crippen LogP contribution in [0.15, 0.2) is 95.9 Å². The van der Waals surface area contributed by atoms with Crippen LogP contribution in [0, 0.1) is 11.8 Å². The number of para-hydroxylation sites is 1. The van der Waals surface area contributed by atoms with Crippen LogP contribution in [0.1, 0.15) is 90.7 Å². The number of ether oxygens (including phenoxy) is 3. The first kappa shape index (κ1) is 52.2. The number of likely N-dealkylation sites (tertiary alicyclic amines) is 1. The molecule has 8 rings (SSSR count). The number of unbranched alkanes of at least 4 members (excludes halogenated alkanes) is 4. The fourth-order valence-corrected chi connectivity index (χ4v) is 10.1. The lowest BCUT2D eigenvalue weighted by atomic mass is 9.99. The van der Waals surface area contributed by atoms with Gasteiger partial charge in [-0.25, -0.2) is 4.98 Å². The molecule has 1 fully saturated rings. The van der Waals surface area contributed by atoms with Crippen LogP contribution < -0.4 is 30.1 Å². The van der Waals surface area contributed by atoms with Gasteiger partial charge < -0.3 is 39.6 Å². The van der Waals surface area contributed by atoms with E-state index in [1.807, 2.05) is 78.9 Å². The summed E-state index contributed by atoms with van der Waals surface area (Å²) in [6.07, 6.45) is 7.19. The minimum atomic E-state index is -4.38. The number of pyridine rings is 1. The topological polar surface area (TPSA) is 114 Å². The molecule has 2 aliphatic rings. The molecule has 72 heavy (non-hydrogen) atoms. The maximum Gasteiger partial charge on any atom is 0.406 e. The lowest BCUT2D eigenvalue weighted by Crippen LogP contribution is -2.36. The summed E-state index contributed by atoms with van der Waals surface area (Å²) >= 11 is 1.59. The molecule has 15 heteroatoms. The highest BCUT2D eigenvalue weighted by Gasteiger charge is 2.30. The van der Waals surface area contributed by atoms with Gasteiger partial charge in [-0.05, 0) is 186 Å². The molecular weight excluding hydrogens is 936 g/mol. The largest absolute Gasteiger partial charge is 0.493 e. The maximum absolute atomic E-state index is 13.7. The van der Waals surface area contributed by atoms with E-state index < -0.39 is 12.7 Å². The molecule has 0 atom stereocenters. The van der Waals surface area contributed by atoms with E-state index in [4.69, 9.17) is 19.2 Å². The van der Waals surface area contributed by atoms with Crippen LogP contribution in [0.2, 0.25) is 0 Å². The average Bonchev–Trinajstić information content (AvgIpc) is 3.94. The molecule has 1 amide bonds. The highest BCUT2D eigenvalue weighted by Crippen LogP contribution is 2.39. The van der Waals surface area contributed by atoms with Gasteiger partial charge in [0.1, 0.15) is 6.54 Å². The van der Waals surface area contributed by atoms with E-state index in [0.29, 0.717) is 42.4 Å². The van der Waals surface area contributed by atoms with Gasteiger partial charge >= 0.3 is 6.18 Å². The fraction of sp³-hybridized carbons (Fsp3) is 0.404. The summed E-state index contributed by atoms with van der Waals surface area (Å²) in [5.74, 6) is 7.35. The number of nitrogens with zero attached hydrogens (tertiary/aromatic N) is 3. The number of halogens is 3. The highest BCUT2D eigenvalue weighted by atomic mass is 32.2. The van der Waals surface area contributed by atoms with Gasteiger partial charge in [0.25, 0.3) is 5.91 Å². The van der Waals surface area contributed by atoms with Gasteiger partial charge in [0.05, 0.1) is 48.7 Å². The number of alkyl halides is 3. The van der Waals surface area contributed by atoms with Crippen molar-refractivity contribution >= 4 is 62.7 Å². The molecule has 0 saturated carbocycles. The molecule has 6 aromatic rings. The Hall–Kier alpha value is -6.18. The molecule has 0 bridgehead atoms. The Morgan fingerprint density at radius 3 is 2.38 bits per heavy atom. The number of methoxy groups -OCH3 is 2. The molecule has 380 valence electrons. The number of benzene rings is 4. The predicted octanol–water partition coefficient (Wildman–Crippen LogP) is 11.6. The Bertz CT molecular complexity index is 2870. The molecule has 1 aliphatic carbocycles. The first-order valence-corrected chi connectivity index (χ1v) is 26.0. The standard InChI is InChI=1S/C57H66F3N7O4S/c1-66-32-27-43(28-33-66)64-50-17-12-18-51-48(50)38-44(67(51)39-57(58,59)60)14-13-30-61-42-21-23-45(24-22-42)72-63-31-9-5-11-35-71-34-10-4-8-29-62-56(68)54-46-15-6-7-16-49(46)65-55-41(20-25-47(54)55)36-40-19-26-52(69-2)53(37-40)70-3/h6-7,12,15-19,21-24,26,36-38,43,61,63-64H,4-5,8-11,20,25,27-35,39H2,1-3H3,(H,62,68)/b41-36+. The van der Waals surface area contributed by atoms with E-state index in [1.54, 1.807) is 38.3 Å². The zero-order valence-corrected chi connectivity index (χ0v) is 42.4. The van der Waals surface area contributed by atoms with Crippen molar-refractivity contribution in [1.82, 2.24) is 24.5 Å². The number of hydrogen-bond donors (Lipinski definition) is 4. The number of piperidine rings is 1. The predicted molar refractivity (Wildman–Crippen MR) is 286 cm³/mol. The number of hydrogen-bond acceptors (Lipinski definition) is 10. The van der Waals surface area contributed by atoms with Crippen molar-refractivity contribution < 1.29 is 32.2 Å². The molecule has 2 aromatic heterocycles. The van der Waals surface area contributed by atoms with Gasteiger partial charge in [0.2, 0.25) is 0 Å². The van der Waals surface area contributed by atoms with Crippen molar-refractivity contribution in [2.24, 2.45) is 0 Å². The first-order chi connectivity index (χ1) is 35.1. The van der Waals surface area contributed by atoms with Crippen molar-refractivity contribution in [3.8, 4) is 23.3 Å². The first-order valence-electron chi connectivity index (χ1n) is 25.1. The molecule has 11 nitrogen and oxygen atoms in total. The van der Waals surface area contributed by atoms with E-state index in [9.17, 15) is 18.0 Å². The Morgan fingerprint density at radius 2 is 1.61 bits per heavy atom. The van der Waals surface area contributed by atoms with Crippen LogP contribution in [-0.4, -0.2) is 99.8 Å². The molecule has 4 N–H and O–H groups in total. The second kappa shape index (κ2) is 25.5. The van der Waals surface area contributed by atoms with E-state index >= 15 is 0 Å². The van der Waals surface area contributed by atoms with Crippen molar-refractivity contribution in [3.05, 3.63) is 119 Å². The SMILES string of the molecule is COc1ccc(/C=C2\CCc3c2nc2ccccc2c3C(=O)NCCCCCOCCCCCNSc2ccc(NCC#Cc3cc4c(NC5CCN(C)CC5)cccc4n3CC(F)(F)F)cc2)cc1OC. The lowest BCUT2D eigenvalue weighted by molar-refractivity contribution is -0.140. The summed E-state index contributed by atoms with van der Waals surface area (Å²) in [6, 6.07) is 29.3. The van der Waals surface area contributed by atoms with Crippen LogP contribution in [0.4, 0.5) is 24.5 Å². The minimum Gasteiger partial charge on any atom is -0.493 e. The smallest absolute Gasteiger partial charge is 0.406 e. The van der Waals surface area contributed by atoms with E-state index in [2.05, 4.69) is 50.5 Å². The molecule has 4 aromatic carbocycles.